The van der Waals surface area contributed by atoms with Gasteiger partial charge in [0.2, 0.25) is 0 Å². The molecule has 19 heavy (non-hydrogen) atoms. The predicted octanol–water partition coefficient (Wildman–Crippen LogP) is 3.82. The molecule has 2 aromatic rings. The number of anilines is 2. The van der Waals surface area contributed by atoms with Gasteiger partial charge in [-0.3, -0.25) is 0 Å². The third kappa shape index (κ3) is 1.78. The minimum Gasteiger partial charge on any atom is -0.386 e. The zero-order chi connectivity index (χ0) is 13.2. The molecule has 0 aliphatic carbocycles. The van der Waals surface area contributed by atoms with E-state index in [-0.39, 0.29) is 0 Å². The van der Waals surface area contributed by atoms with Gasteiger partial charge in [-0.15, -0.1) is 0 Å². The quantitative estimate of drug-likeness (QED) is 0.709. The Balaban J connectivity index is 2.37. The average molecular weight is 250 g/mol. The molecule has 0 saturated carbocycles. The second-order valence-electron chi connectivity index (χ2n) is 4.30. The third-order valence-electron chi connectivity index (χ3n) is 3.25. The standard InChI is InChI=1S/C15H14N4/c1-17-14-10-6-2-4-8-12(10)18-13-9-5-3-7-11(13)15(14)19-16/h2-9,16-18H,1H3. The van der Waals surface area contributed by atoms with E-state index in [1.165, 1.54) is 0 Å². The minimum atomic E-state index is 0.649. The number of nitrogens with zero attached hydrogens (tertiary/aromatic N) is 1. The van der Waals surface area contributed by atoms with Crippen molar-refractivity contribution in [3.8, 4) is 0 Å². The summed E-state index contributed by atoms with van der Waals surface area (Å²) in [7, 11) is 1.85. The van der Waals surface area contributed by atoms with Gasteiger partial charge in [0.15, 0.2) is 0 Å². The number of para-hydroxylation sites is 2. The summed E-state index contributed by atoms with van der Waals surface area (Å²) in [5.41, 5.74) is 12.9. The van der Waals surface area contributed by atoms with Crippen molar-refractivity contribution in [3.05, 3.63) is 59.7 Å². The van der Waals surface area contributed by atoms with Crippen LogP contribution in [0, 0.1) is 5.53 Å². The molecule has 3 rings (SSSR count). The molecule has 3 N–H and O–H groups in total. The highest BCUT2D eigenvalue weighted by atomic mass is 15.0. The highest BCUT2D eigenvalue weighted by Gasteiger charge is 2.20. The van der Waals surface area contributed by atoms with Crippen molar-refractivity contribution in [2.45, 2.75) is 0 Å². The lowest BCUT2D eigenvalue weighted by molar-refractivity contribution is 1.10. The summed E-state index contributed by atoms with van der Waals surface area (Å²) >= 11 is 0. The van der Waals surface area contributed by atoms with E-state index in [0.29, 0.717) is 5.70 Å². The van der Waals surface area contributed by atoms with Gasteiger partial charge < -0.3 is 10.6 Å². The maximum absolute atomic E-state index is 7.50. The van der Waals surface area contributed by atoms with E-state index in [9.17, 15) is 0 Å². The number of hydrogen-bond acceptors (Lipinski definition) is 4. The summed E-state index contributed by atoms with van der Waals surface area (Å²) in [6.45, 7) is 0. The van der Waals surface area contributed by atoms with Crippen LogP contribution in [0.25, 0.3) is 11.4 Å². The second-order valence-corrected chi connectivity index (χ2v) is 4.30. The third-order valence-corrected chi connectivity index (χ3v) is 3.25. The Morgan fingerprint density at radius 3 is 2.16 bits per heavy atom. The fraction of sp³-hybridized carbons (Fsp3) is 0.0667. The number of rotatable bonds is 2. The van der Waals surface area contributed by atoms with E-state index in [1.54, 1.807) is 0 Å². The highest BCUT2D eigenvalue weighted by Crippen LogP contribution is 2.38. The summed E-state index contributed by atoms with van der Waals surface area (Å²) in [5, 5.41) is 10.3. The van der Waals surface area contributed by atoms with Crippen LogP contribution in [0.4, 0.5) is 11.4 Å². The monoisotopic (exact) mass is 250 g/mol. The maximum Gasteiger partial charge on any atom is 0.118 e. The molecule has 1 heterocycles. The minimum absolute atomic E-state index is 0.649. The van der Waals surface area contributed by atoms with Gasteiger partial charge in [0, 0.05) is 29.5 Å². The van der Waals surface area contributed by atoms with Crippen LogP contribution in [0.15, 0.2) is 53.6 Å². The SMILES string of the molecule is CNC1=C(N=N)c2ccccc2Nc2ccccc21. The smallest absolute Gasteiger partial charge is 0.118 e. The van der Waals surface area contributed by atoms with Crippen molar-refractivity contribution in [2.24, 2.45) is 5.11 Å². The zero-order valence-corrected chi connectivity index (χ0v) is 10.6. The van der Waals surface area contributed by atoms with Crippen molar-refractivity contribution in [3.63, 3.8) is 0 Å². The Labute approximate surface area is 111 Å². The lowest BCUT2D eigenvalue weighted by Gasteiger charge is -2.11. The normalized spacial score (nSPS) is 12.9. The summed E-state index contributed by atoms with van der Waals surface area (Å²) in [6.07, 6.45) is 0. The van der Waals surface area contributed by atoms with E-state index in [1.807, 2.05) is 55.6 Å². The molecule has 0 radical (unpaired) electrons. The van der Waals surface area contributed by atoms with E-state index in [0.717, 1.165) is 28.2 Å². The van der Waals surface area contributed by atoms with Crippen molar-refractivity contribution in [2.75, 3.05) is 12.4 Å². The summed E-state index contributed by atoms with van der Waals surface area (Å²) in [5.74, 6) is 0. The van der Waals surface area contributed by atoms with Gasteiger partial charge in [-0.05, 0) is 12.1 Å². The molecular weight excluding hydrogens is 236 g/mol. The fourth-order valence-electron chi connectivity index (χ4n) is 2.39. The molecule has 0 fully saturated rings. The van der Waals surface area contributed by atoms with Gasteiger partial charge >= 0.3 is 0 Å². The summed E-state index contributed by atoms with van der Waals surface area (Å²) in [6, 6.07) is 15.9. The molecule has 1 aliphatic rings. The molecule has 2 aromatic carbocycles. The molecule has 0 unspecified atom stereocenters. The molecule has 1 aliphatic heterocycles. The lowest BCUT2D eigenvalue weighted by atomic mass is 10.1. The Morgan fingerprint density at radius 1 is 0.947 bits per heavy atom. The zero-order valence-electron chi connectivity index (χ0n) is 10.6. The van der Waals surface area contributed by atoms with Crippen LogP contribution in [0.1, 0.15) is 11.1 Å². The molecule has 4 nitrogen and oxygen atoms in total. The van der Waals surface area contributed by atoms with E-state index in [4.69, 9.17) is 5.53 Å². The van der Waals surface area contributed by atoms with Crippen molar-refractivity contribution in [1.29, 1.82) is 5.53 Å². The summed E-state index contributed by atoms with van der Waals surface area (Å²) < 4.78 is 0. The van der Waals surface area contributed by atoms with Crippen LogP contribution in [-0.2, 0) is 0 Å². The lowest BCUT2D eigenvalue weighted by Crippen LogP contribution is -2.07. The first kappa shape index (κ1) is 11.5. The maximum atomic E-state index is 7.50. The second kappa shape index (κ2) is 4.57. The molecule has 94 valence electrons. The molecule has 0 aromatic heterocycles. The molecule has 0 saturated heterocycles. The van der Waals surface area contributed by atoms with Crippen LogP contribution in [-0.4, -0.2) is 7.05 Å². The molecule has 0 spiro atoms. The molecule has 0 atom stereocenters. The van der Waals surface area contributed by atoms with Crippen molar-refractivity contribution >= 4 is 22.8 Å². The number of benzene rings is 2. The van der Waals surface area contributed by atoms with Crippen LogP contribution in [0.3, 0.4) is 0 Å². The first-order valence-electron chi connectivity index (χ1n) is 6.10. The predicted molar refractivity (Wildman–Crippen MR) is 77.2 cm³/mol. The topological polar surface area (TPSA) is 60.3 Å². The Morgan fingerprint density at radius 2 is 1.53 bits per heavy atom. The first-order valence-corrected chi connectivity index (χ1v) is 6.10. The summed E-state index contributed by atoms with van der Waals surface area (Å²) in [4.78, 5) is 0. The van der Waals surface area contributed by atoms with Crippen LogP contribution < -0.4 is 10.6 Å². The van der Waals surface area contributed by atoms with Gasteiger partial charge in [-0.2, -0.15) is 5.11 Å². The van der Waals surface area contributed by atoms with Gasteiger partial charge in [0.05, 0.1) is 5.70 Å². The van der Waals surface area contributed by atoms with E-state index in [2.05, 4.69) is 15.7 Å². The Hall–Kier alpha value is -2.62. The molecule has 0 bridgehead atoms. The highest BCUT2D eigenvalue weighted by molar-refractivity contribution is 5.99. The van der Waals surface area contributed by atoms with E-state index >= 15 is 0 Å². The Bertz CT molecular complexity index is 673. The van der Waals surface area contributed by atoms with Crippen LogP contribution in [0.5, 0.6) is 0 Å². The van der Waals surface area contributed by atoms with Gasteiger partial charge in [0.25, 0.3) is 0 Å². The number of fused-ring (bicyclic) bond motifs is 2. The number of nitrogens with one attached hydrogen (secondary N) is 3. The van der Waals surface area contributed by atoms with Gasteiger partial charge in [0.1, 0.15) is 5.70 Å². The molecule has 4 heteroatoms. The number of hydrogen-bond donors (Lipinski definition) is 3. The Kier molecular flexibility index (Phi) is 2.76. The van der Waals surface area contributed by atoms with Crippen molar-refractivity contribution < 1.29 is 0 Å². The van der Waals surface area contributed by atoms with Crippen LogP contribution in [0.2, 0.25) is 0 Å². The first-order chi connectivity index (χ1) is 9.35. The van der Waals surface area contributed by atoms with Crippen LogP contribution >= 0.6 is 0 Å². The van der Waals surface area contributed by atoms with Crippen molar-refractivity contribution in [1.82, 2.24) is 5.32 Å². The largest absolute Gasteiger partial charge is 0.386 e. The van der Waals surface area contributed by atoms with Gasteiger partial charge in [-0.1, -0.05) is 36.4 Å². The molecule has 0 amide bonds. The fourth-order valence-corrected chi connectivity index (χ4v) is 2.39. The molecular formula is C15H14N4. The van der Waals surface area contributed by atoms with E-state index < -0.39 is 0 Å². The average Bonchev–Trinajstić information content (AvgIpc) is 2.60. The van der Waals surface area contributed by atoms with Gasteiger partial charge in [-0.25, -0.2) is 5.53 Å².